The van der Waals surface area contributed by atoms with Crippen molar-refractivity contribution in [2.45, 2.75) is 40.2 Å². The largest absolute Gasteiger partial charge is 0.340 e. The van der Waals surface area contributed by atoms with Crippen molar-refractivity contribution < 1.29 is 9.59 Å². The number of rotatable bonds is 5. The molecule has 0 aromatic heterocycles. The molecule has 1 rings (SSSR count). The molecule has 0 heterocycles. The summed E-state index contributed by atoms with van der Waals surface area (Å²) >= 11 is 0. The molecule has 1 aromatic carbocycles. The summed E-state index contributed by atoms with van der Waals surface area (Å²) in [6, 6.07) is 7.76. The molecule has 19 heavy (non-hydrogen) atoms. The molecule has 0 saturated carbocycles. The standard InChI is InChI=1S/C15H22N2O2/c1-11(2)17(13(4)18)10-9-15(19)16-14-8-6-5-7-12(14)3/h5-8,11H,9-10H2,1-4H3,(H,16,19). The Morgan fingerprint density at radius 2 is 1.89 bits per heavy atom. The summed E-state index contributed by atoms with van der Waals surface area (Å²) in [5, 5.41) is 2.87. The van der Waals surface area contributed by atoms with E-state index in [9.17, 15) is 9.59 Å². The van der Waals surface area contributed by atoms with Gasteiger partial charge in [-0.1, -0.05) is 18.2 Å². The molecule has 0 fully saturated rings. The van der Waals surface area contributed by atoms with E-state index in [-0.39, 0.29) is 17.9 Å². The van der Waals surface area contributed by atoms with Crippen LogP contribution in [-0.4, -0.2) is 29.3 Å². The average Bonchev–Trinajstić information content (AvgIpc) is 2.31. The zero-order chi connectivity index (χ0) is 14.4. The van der Waals surface area contributed by atoms with Crippen molar-refractivity contribution >= 4 is 17.5 Å². The molecular formula is C15H22N2O2. The van der Waals surface area contributed by atoms with Crippen LogP contribution in [0, 0.1) is 6.92 Å². The van der Waals surface area contributed by atoms with Crippen LogP contribution in [-0.2, 0) is 9.59 Å². The zero-order valence-electron chi connectivity index (χ0n) is 12.1. The molecular weight excluding hydrogens is 240 g/mol. The number of nitrogens with zero attached hydrogens (tertiary/aromatic N) is 1. The summed E-state index contributed by atoms with van der Waals surface area (Å²) in [5.74, 6) is -0.0695. The van der Waals surface area contributed by atoms with Gasteiger partial charge >= 0.3 is 0 Å². The first-order valence-corrected chi connectivity index (χ1v) is 6.54. The number of nitrogens with one attached hydrogen (secondary N) is 1. The second-order valence-electron chi connectivity index (χ2n) is 4.92. The molecule has 0 unspecified atom stereocenters. The maximum atomic E-state index is 11.9. The SMILES string of the molecule is CC(=O)N(CCC(=O)Nc1ccccc1C)C(C)C. The smallest absolute Gasteiger partial charge is 0.226 e. The van der Waals surface area contributed by atoms with Crippen LogP contribution in [0.4, 0.5) is 5.69 Å². The fourth-order valence-electron chi connectivity index (χ4n) is 1.93. The Morgan fingerprint density at radius 3 is 2.42 bits per heavy atom. The van der Waals surface area contributed by atoms with Crippen LogP contribution in [0.15, 0.2) is 24.3 Å². The Hall–Kier alpha value is -1.84. The van der Waals surface area contributed by atoms with Crippen LogP contribution < -0.4 is 5.32 Å². The minimum Gasteiger partial charge on any atom is -0.340 e. The summed E-state index contributed by atoms with van der Waals surface area (Å²) in [6.45, 7) is 7.82. The molecule has 0 saturated heterocycles. The van der Waals surface area contributed by atoms with Crippen molar-refractivity contribution in [2.24, 2.45) is 0 Å². The topological polar surface area (TPSA) is 49.4 Å². The first kappa shape index (κ1) is 15.2. The summed E-state index contributed by atoms with van der Waals surface area (Å²) in [7, 11) is 0. The van der Waals surface area contributed by atoms with Crippen LogP contribution in [0.3, 0.4) is 0 Å². The quantitative estimate of drug-likeness (QED) is 0.886. The number of hydrogen-bond acceptors (Lipinski definition) is 2. The molecule has 0 aliphatic carbocycles. The second kappa shape index (κ2) is 6.92. The molecule has 104 valence electrons. The number of para-hydroxylation sites is 1. The molecule has 4 nitrogen and oxygen atoms in total. The van der Waals surface area contributed by atoms with Gasteiger partial charge in [-0.3, -0.25) is 9.59 Å². The first-order chi connectivity index (χ1) is 8.91. The van der Waals surface area contributed by atoms with Gasteiger partial charge in [-0.25, -0.2) is 0 Å². The number of anilines is 1. The van der Waals surface area contributed by atoms with Crippen molar-refractivity contribution in [2.75, 3.05) is 11.9 Å². The van der Waals surface area contributed by atoms with Crippen LogP contribution in [0.25, 0.3) is 0 Å². The van der Waals surface area contributed by atoms with E-state index in [4.69, 9.17) is 0 Å². The van der Waals surface area contributed by atoms with Gasteiger partial charge in [0, 0.05) is 31.6 Å². The van der Waals surface area contributed by atoms with E-state index in [2.05, 4.69) is 5.32 Å². The maximum absolute atomic E-state index is 11.9. The molecule has 0 aliphatic rings. The van der Waals surface area contributed by atoms with E-state index in [1.54, 1.807) is 4.90 Å². The fourth-order valence-corrected chi connectivity index (χ4v) is 1.93. The second-order valence-corrected chi connectivity index (χ2v) is 4.92. The summed E-state index contributed by atoms with van der Waals surface area (Å²) in [6.07, 6.45) is 0.312. The molecule has 0 spiro atoms. The summed E-state index contributed by atoms with van der Waals surface area (Å²) < 4.78 is 0. The van der Waals surface area contributed by atoms with Crippen molar-refractivity contribution in [1.82, 2.24) is 4.90 Å². The molecule has 4 heteroatoms. The van der Waals surface area contributed by atoms with Gasteiger partial charge in [0.2, 0.25) is 11.8 Å². The fraction of sp³-hybridized carbons (Fsp3) is 0.467. The third-order valence-electron chi connectivity index (χ3n) is 3.03. The number of carbonyl (C=O) groups is 2. The lowest BCUT2D eigenvalue weighted by Gasteiger charge is -2.25. The minimum absolute atomic E-state index is 0.00121. The maximum Gasteiger partial charge on any atom is 0.226 e. The lowest BCUT2D eigenvalue weighted by Crippen LogP contribution is -2.37. The third kappa shape index (κ3) is 4.73. The Bertz CT molecular complexity index is 455. The lowest BCUT2D eigenvalue weighted by molar-refractivity contribution is -0.130. The lowest BCUT2D eigenvalue weighted by atomic mass is 10.2. The molecule has 1 N–H and O–H groups in total. The van der Waals surface area contributed by atoms with E-state index in [1.807, 2.05) is 45.0 Å². The Balaban J connectivity index is 2.52. The molecule has 0 bridgehead atoms. The van der Waals surface area contributed by atoms with E-state index in [0.717, 1.165) is 11.3 Å². The van der Waals surface area contributed by atoms with Crippen molar-refractivity contribution in [3.05, 3.63) is 29.8 Å². The normalized spacial score (nSPS) is 10.4. The monoisotopic (exact) mass is 262 g/mol. The van der Waals surface area contributed by atoms with Crippen LogP contribution >= 0.6 is 0 Å². The van der Waals surface area contributed by atoms with Gasteiger partial charge in [-0.2, -0.15) is 0 Å². The zero-order valence-corrected chi connectivity index (χ0v) is 12.1. The van der Waals surface area contributed by atoms with E-state index in [0.29, 0.717) is 13.0 Å². The Morgan fingerprint density at radius 1 is 1.26 bits per heavy atom. The minimum atomic E-state index is -0.0683. The molecule has 0 radical (unpaired) electrons. The van der Waals surface area contributed by atoms with Crippen molar-refractivity contribution in [3.63, 3.8) is 0 Å². The van der Waals surface area contributed by atoms with Gasteiger partial charge in [-0.05, 0) is 32.4 Å². The van der Waals surface area contributed by atoms with Crippen LogP contribution in [0.2, 0.25) is 0 Å². The van der Waals surface area contributed by atoms with Crippen molar-refractivity contribution in [3.8, 4) is 0 Å². The van der Waals surface area contributed by atoms with E-state index >= 15 is 0 Å². The molecule has 2 amide bonds. The van der Waals surface area contributed by atoms with Gasteiger partial charge in [0.1, 0.15) is 0 Å². The van der Waals surface area contributed by atoms with Gasteiger partial charge in [0.25, 0.3) is 0 Å². The highest BCUT2D eigenvalue weighted by Crippen LogP contribution is 2.13. The Kier molecular flexibility index (Phi) is 5.55. The van der Waals surface area contributed by atoms with Crippen LogP contribution in [0.1, 0.15) is 32.8 Å². The number of benzene rings is 1. The summed E-state index contributed by atoms with van der Waals surface area (Å²) in [5.41, 5.74) is 1.86. The van der Waals surface area contributed by atoms with Gasteiger partial charge in [0.15, 0.2) is 0 Å². The number of hydrogen-bond donors (Lipinski definition) is 1. The van der Waals surface area contributed by atoms with E-state index in [1.165, 1.54) is 6.92 Å². The first-order valence-electron chi connectivity index (χ1n) is 6.54. The Labute approximate surface area is 114 Å². The van der Waals surface area contributed by atoms with Crippen molar-refractivity contribution in [1.29, 1.82) is 0 Å². The average molecular weight is 262 g/mol. The van der Waals surface area contributed by atoms with Gasteiger partial charge in [-0.15, -0.1) is 0 Å². The van der Waals surface area contributed by atoms with E-state index < -0.39 is 0 Å². The highest BCUT2D eigenvalue weighted by molar-refractivity contribution is 5.91. The third-order valence-corrected chi connectivity index (χ3v) is 3.03. The predicted molar refractivity (Wildman–Crippen MR) is 76.9 cm³/mol. The van der Waals surface area contributed by atoms with Crippen LogP contribution in [0.5, 0.6) is 0 Å². The summed E-state index contributed by atoms with van der Waals surface area (Å²) in [4.78, 5) is 25.0. The molecule has 0 aliphatic heterocycles. The number of amides is 2. The molecule has 0 atom stereocenters. The predicted octanol–water partition coefficient (Wildman–Crippen LogP) is 2.58. The number of carbonyl (C=O) groups excluding carboxylic acids is 2. The van der Waals surface area contributed by atoms with Gasteiger partial charge < -0.3 is 10.2 Å². The highest BCUT2D eigenvalue weighted by Gasteiger charge is 2.14. The highest BCUT2D eigenvalue weighted by atomic mass is 16.2. The van der Waals surface area contributed by atoms with Gasteiger partial charge in [0.05, 0.1) is 0 Å². The number of aryl methyl sites for hydroxylation is 1. The molecule has 1 aromatic rings.